The van der Waals surface area contributed by atoms with Crippen LogP contribution in [0.25, 0.3) is 22.4 Å². The Bertz CT molecular complexity index is 1480. The zero-order valence-corrected chi connectivity index (χ0v) is 18.4. The largest absolute Gasteiger partial charge is 0.382 e. The number of para-hydroxylation sites is 1. The fourth-order valence-corrected chi connectivity index (χ4v) is 5.88. The van der Waals surface area contributed by atoms with Crippen LogP contribution in [0.3, 0.4) is 0 Å². The summed E-state index contributed by atoms with van der Waals surface area (Å²) in [5.74, 6) is 3.43. The number of halogens is 2. The van der Waals surface area contributed by atoms with E-state index in [0.29, 0.717) is 29.7 Å². The van der Waals surface area contributed by atoms with Crippen molar-refractivity contribution in [1.29, 1.82) is 0 Å². The zero-order valence-electron chi connectivity index (χ0n) is 17.5. The lowest BCUT2D eigenvalue weighted by atomic mass is 10.2. The summed E-state index contributed by atoms with van der Waals surface area (Å²) in [5.41, 5.74) is 13.5. The first-order valence-corrected chi connectivity index (χ1v) is 12.1. The molecule has 1 fully saturated rings. The van der Waals surface area contributed by atoms with Gasteiger partial charge in [-0.1, -0.05) is 30.3 Å². The van der Waals surface area contributed by atoms with Gasteiger partial charge in [-0.25, -0.2) is 23.0 Å². The summed E-state index contributed by atoms with van der Waals surface area (Å²) in [5, 5.41) is 4.92. The SMILES string of the molecule is C=S1(=O)CCCN1c1c(N)nc(-c2nn(Cc3ccccc3F)c3c(F)cccc23)nc1N. The van der Waals surface area contributed by atoms with Gasteiger partial charge in [0.15, 0.2) is 17.5 Å². The van der Waals surface area contributed by atoms with E-state index in [2.05, 4.69) is 20.9 Å². The number of fused-ring (bicyclic) bond motifs is 1. The zero-order chi connectivity index (χ0) is 23.3. The van der Waals surface area contributed by atoms with E-state index < -0.39 is 21.3 Å². The standard InChI is InChI=1S/C22H21F2N7OS/c1-33(32)11-5-10-31(33)19-20(25)27-22(28-21(19)26)17-14-7-4-9-16(24)18(14)30(29-17)12-13-6-2-3-8-15(13)23/h2-4,6-9H,1,5,10-12H2,(H4,25,26,27,28). The fourth-order valence-electron chi connectivity index (χ4n) is 4.10. The molecule has 0 amide bonds. The van der Waals surface area contributed by atoms with Crippen molar-refractivity contribution in [2.75, 3.05) is 28.1 Å². The molecule has 11 heteroatoms. The summed E-state index contributed by atoms with van der Waals surface area (Å²) < 4.78 is 44.7. The van der Waals surface area contributed by atoms with Gasteiger partial charge in [0.25, 0.3) is 0 Å². The molecular weight excluding hydrogens is 448 g/mol. The second-order valence-electron chi connectivity index (χ2n) is 7.83. The molecule has 0 aliphatic carbocycles. The van der Waals surface area contributed by atoms with Crippen LogP contribution < -0.4 is 15.8 Å². The second kappa shape index (κ2) is 7.69. The summed E-state index contributed by atoms with van der Waals surface area (Å²) in [6.45, 7) is 0.481. The lowest BCUT2D eigenvalue weighted by molar-refractivity contribution is 0.581. The van der Waals surface area contributed by atoms with Crippen molar-refractivity contribution >= 4 is 43.8 Å². The molecule has 0 bridgehead atoms. The van der Waals surface area contributed by atoms with Crippen LogP contribution in [0.1, 0.15) is 12.0 Å². The molecule has 1 saturated heterocycles. The summed E-state index contributed by atoms with van der Waals surface area (Å²) in [7, 11) is -2.55. The lowest BCUT2D eigenvalue weighted by Crippen LogP contribution is -2.27. The Balaban J connectivity index is 1.65. The van der Waals surface area contributed by atoms with Crippen molar-refractivity contribution in [2.24, 2.45) is 0 Å². The van der Waals surface area contributed by atoms with Crippen molar-refractivity contribution in [2.45, 2.75) is 13.0 Å². The van der Waals surface area contributed by atoms with E-state index >= 15 is 0 Å². The summed E-state index contributed by atoms with van der Waals surface area (Å²) in [6, 6.07) is 10.7. The molecule has 4 aromatic rings. The van der Waals surface area contributed by atoms with Gasteiger partial charge in [0, 0.05) is 33.0 Å². The molecule has 1 aliphatic heterocycles. The van der Waals surface area contributed by atoms with Gasteiger partial charge in [-0.3, -0.25) is 8.99 Å². The van der Waals surface area contributed by atoms with E-state index in [-0.39, 0.29) is 40.9 Å². The molecule has 1 atom stereocenters. The molecule has 3 heterocycles. The quantitative estimate of drug-likeness (QED) is 0.444. The number of nitrogen functional groups attached to an aromatic ring is 2. The highest BCUT2D eigenvalue weighted by Crippen LogP contribution is 2.36. The highest BCUT2D eigenvalue weighted by Gasteiger charge is 2.29. The van der Waals surface area contributed by atoms with Crippen molar-refractivity contribution < 1.29 is 13.0 Å². The Hall–Kier alpha value is -3.73. The number of hydrogen-bond donors (Lipinski definition) is 2. The molecule has 1 unspecified atom stereocenters. The van der Waals surface area contributed by atoms with Gasteiger partial charge in [-0.05, 0) is 24.4 Å². The molecular formula is C22H21F2N7OS. The van der Waals surface area contributed by atoms with E-state index in [1.165, 1.54) is 16.8 Å². The Kier molecular flexibility index (Phi) is 4.93. The van der Waals surface area contributed by atoms with E-state index in [0.717, 1.165) is 0 Å². The third-order valence-corrected chi connectivity index (χ3v) is 7.72. The van der Waals surface area contributed by atoms with Crippen LogP contribution in [0, 0.1) is 11.6 Å². The van der Waals surface area contributed by atoms with E-state index in [9.17, 15) is 13.0 Å². The minimum Gasteiger partial charge on any atom is -0.382 e. The van der Waals surface area contributed by atoms with E-state index in [1.807, 2.05) is 0 Å². The summed E-state index contributed by atoms with van der Waals surface area (Å²) in [4.78, 5) is 8.70. The molecule has 33 heavy (non-hydrogen) atoms. The van der Waals surface area contributed by atoms with Crippen LogP contribution in [0.5, 0.6) is 0 Å². The average molecular weight is 470 g/mol. The second-order valence-corrected chi connectivity index (χ2v) is 10.2. The monoisotopic (exact) mass is 469 g/mol. The van der Waals surface area contributed by atoms with Crippen LogP contribution in [0.2, 0.25) is 0 Å². The number of benzene rings is 2. The van der Waals surface area contributed by atoms with Crippen molar-refractivity contribution in [3.8, 4) is 11.5 Å². The maximum atomic E-state index is 14.8. The fraction of sp³-hybridized carbons (Fsp3) is 0.182. The van der Waals surface area contributed by atoms with Crippen LogP contribution in [0.4, 0.5) is 26.1 Å². The minimum absolute atomic E-state index is 0.00446. The van der Waals surface area contributed by atoms with Crippen LogP contribution in [0.15, 0.2) is 42.5 Å². The third kappa shape index (κ3) is 3.54. The normalized spacial score (nSPS) is 18.3. The molecule has 2 aromatic carbocycles. The highest BCUT2D eigenvalue weighted by atomic mass is 32.2. The first-order valence-electron chi connectivity index (χ1n) is 10.2. The van der Waals surface area contributed by atoms with Crippen molar-refractivity contribution in [3.05, 3.63) is 59.7 Å². The molecule has 1 aliphatic rings. The Labute approximate surface area is 189 Å². The summed E-state index contributed by atoms with van der Waals surface area (Å²) >= 11 is 0. The maximum absolute atomic E-state index is 14.8. The number of aromatic nitrogens is 4. The molecule has 0 spiro atoms. The van der Waals surface area contributed by atoms with Crippen LogP contribution in [-0.4, -0.2) is 42.1 Å². The molecule has 5 rings (SSSR count). The van der Waals surface area contributed by atoms with Gasteiger partial charge < -0.3 is 11.5 Å². The smallest absolute Gasteiger partial charge is 0.184 e. The molecule has 4 N–H and O–H groups in total. The molecule has 0 saturated carbocycles. The predicted molar refractivity (Wildman–Crippen MR) is 127 cm³/mol. The average Bonchev–Trinajstić information content (AvgIpc) is 3.30. The Morgan fingerprint density at radius 3 is 2.39 bits per heavy atom. The topological polar surface area (TPSA) is 116 Å². The molecule has 0 radical (unpaired) electrons. The Morgan fingerprint density at radius 1 is 1.03 bits per heavy atom. The highest BCUT2D eigenvalue weighted by molar-refractivity contribution is 8.01. The van der Waals surface area contributed by atoms with E-state index in [1.54, 1.807) is 34.6 Å². The van der Waals surface area contributed by atoms with Gasteiger partial charge in [0.2, 0.25) is 0 Å². The number of anilines is 3. The van der Waals surface area contributed by atoms with Gasteiger partial charge in [0.1, 0.15) is 28.5 Å². The number of hydrogen-bond acceptors (Lipinski definition) is 6. The third-order valence-electron chi connectivity index (χ3n) is 5.62. The number of rotatable bonds is 4. The van der Waals surface area contributed by atoms with Crippen molar-refractivity contribution in [1.82, 2.24) is 19.7 Å². The number of nitrogens with two attached hydrogens (primary N) is 2. The molecule has 2 aromatic heterocycles. The maximum Gasteiger partial charge on any atom is 0.184 e. The minimum atomic E-state index is -2.55. The Morgan fingerprint density at radius 2 is 1.73 bits per heavy atom. The molecule has 170 valence electrons. The van der Waals surface area contributed by atoms with Crippen LogP contribution in [-0.2, 0) is 16.3 Å². The van der Waals surface area contributed by atoms with E-state index in [4.69, 9.17) is 11.5 Å². The van der Waals surface area contributed by atoms with Gasteiger partial charge in [-0.15, -0.1) is 0 Å². The van der Waals surface area contributed by atoms with Gasteiger partial charge in [-0.2, -0.15) is 5.10 Å². The first-order chi connectivity index (χ1) is 15.8. The predicted octanol–water partition coefficient (Wildman–Crippen LogP) is 2.83. The summed E-state index contributed by atoms with van der Waals surface area (Å²) in [6.07, 6.45) is 0.688. The van der Waals surface area contributed by atoms with Crippen molar-refractivity contribution in [3.63, 3.8) is 0 Å². The van der Waals surface area contributed by atoms with Crippen LogP contribution >= 0.6 is 0 Å². The first kappa shape index (κ1) is 21.1. The number of nitrogens with zero attached hydrogens (tertiary/aromatic N) is 5. The lowest BCUT2D eigenvalue weighted by Gasteiger charge is -2.23. The van der Waals surface area contributed by atoms with Gasteiger partial charge >= 0.3 is 0 Å². The molecule has 8 nitrogen and oxygen atoms in total. The van der Waals surface area contributed by atoms with Gasteiger partial charge in [0.05, 0.1) is 6.54 Å².